The molecule has 1 atom stereocenters. The van der Waals surface area contributed by atoms with Crippen LogP contribution in [0.5, 0.6) is 0 Å². The van der Waals surface area contributed by atoms with Gasteiger partial charge in [0.05, 0.1) is 5.25 Å². The van der Waals surface area contributed by atoms with E-state index in [-0.39, 0.29) is 11.2 Å². The number of nitrogens with zero attached hydrogens (tertiary/aromatic N) is 4. The van der Waals surface area contributed by atoms with Gasteiger partial charge in [-0.05, 0) is 31.2 Å². The largest absolute Gasteiger partial charge is 0.352 e. The van der Waals surface area contributed by atoms with Crippen molar-refractivity contribution in [3.63, 3.8) is 0 Å². The summed E-state index contributed by atoms with van der Waals surface area (Å²) < 4.78 is 1.96. The van der Waals surface area contributed by atoms with Gasteiger partial charge in [0.15, 0.2) is 11.0 Å². The average Bonchev–Trinajstić information content (AvgIpc) is 3.10. The lowest BCUT2D eigenvalue weighted by Crippen LogP contribution is -2.31. The Bertz CT molecular complexity index is 879. The van der Waals surface area contributed by atoms with Crippen molar-refractivity contribution < 1.29 is 4.79 Å². The van der Waals surface area contributed by atoms with Gasteiger partial charge in [-0.1, -0.05) is 36.0 Å². The second-order valence-corrected chi connectivity index (χ2v) is 6.81. The molecule has 1 aromatic carbocycles. The van der Waals surface area contributed by atoms with Crippen molar-refractivity contribution >= 4 is 17.7 Å². The van der Waals surface area contributed by atoms with Crippen molar-refractivity contribution in [1.82, 2.24) is 25.1 Å². The van der Waals surface area contributed by atoms with E-state index < -0.39 is 0 Å². The maximum atomic E-state index is 12.2. The highest BCUT2D eigenvalue weighted by Gasteiger charge is 2.21. The molecule has 0 saturated heterocycles. The second kappa shape index (κ2) is 8.44. The summed E-state index contributed by atoms with van der Waals surface area (Å²) in [6.07, 6.45) is 5.10. The maximum absolute atomic E-state index is 12.2. The van der Waals surface area contributed by atoms with Crippen LogP contribution in [0.25, 0.3) is 17.1 Å². The maximum Gasteiger partial charge on any atom is 0.233 e. The summed E-state index contributed by atoms with van der Waals surface area (Å²) in [7, 11) is 0. The van der Waals surface area contributed by atoms with Crippen LogP contribution in [-0.4, -0.2) is 37.5 Å². The van der Waals surface area contributed by atoms with Crippen LogP contribution >= 0.6 is 11.8 Å². The molecule has 2 heterocycles. The van der Waals surface area contributed by atoms with Crippen molar-refractivity contribution in [3.05, 3.63) is 67.5 Å². The number of para-hydroxylation sites is 1. The Labute approximate surface area is 156 Å². The number of aromatic nitrogens is 4. The highest BCUT2D eigenvalue weighted by Crippen LogP contribution is 2.29. The molecule has 26 heavy (non-hydrogen) atoms. The Kier molecular flexibility index (Phi) is 5.80. The number of nitrogens with one attached hydrogen (secondary N) is 1. The van der Waals surface area contributed by atoms with Gasteiger partial charge in [-0.15, -0.1) is 16.8 Å². The minimum atomic E-state index is -0.313. The molecule has 132 valence electrons. The van der Waals surface area contributed by atoms with Crippen molar-refractivity contribution in [2.45, 2.75) is 17.3 Å². The fourth-order valence-electron chi connectivity index (χ4n) is 2.37. The lowest BCUT2D eigenvalue weighted by molar-refractivity contribution is -0.120. The number of amides is 1. The van der Waals surface area contributed by atoms with E-state index in [2.05, 4.69) is 27.1 Å². The first-order chi connectivity index (χ1) is 12.7. The normalized spacial score (nSPS) is 11.7. The minimum absolute atomic E-state index is 0.0667. The zero-order valence-corrected chi connectivity index (χ0v) is 15.2. The van der Waals surface area contributed by atoms with E-state index >= 15 is 0 Å². The minimum Gasteiger partial charge on any atom is -0.352 e. The molecule has 7 heteroatoms. The summed E-state index contributed by atoms with van der Waals surface area (Å²) in [4.78, 5) is 16.2. The number of pyridine rings is 1. The molecule has 0 spiro atoms. The first kappa shape index (κ1) is 17.9. The van der Waals surface area contributed by atoms with Gasteiger partial charge in [-0.3, -0.25) is 14.3 Å². The van der Waals surface area contributed by atoms with Crippen LogP contribution in [-0.2, 0) is 4.79 Å². The summed E-state index contributed by atoms with van der Waals surface area (Å²) in [5, 5.41) is 11.8. The van der Waals surface area contributed by atoms with Crippen molar-refractivity contribution in [1.29, 1.82) is 0 Å². The van der Waals surface area contributed by atoms with Gasteiger partial charge >= 0.3 is 0 Å². The fraction of sp³-hybridized carbons (Fsp3) is 0.158. The van der Waals surface area contributed by atoms with Crippen LogP contribution in [0.4, 0.5) is 0 Å². The van der Waals surface area contributed by atoms with Gasteiger partial charge in [0.2, 0.25) is 5.91 Å². The molecule has 1 N–H and O–H groups in total. The molecule has 0 fully saturated rings. The summed E-state index contributed by atoms with van der Waals surface area (Å²) in [5.41, 5.74) is 1.84. The van der Waals surface area contributed by atoms with E-state index in [1.54, 1.807) is 18.5 Å². The Hall–Kier alpha value is -2.93. The Morgan fingerprint density at radius 3 is 2.65 bits per heavy atom. The number of benzene rings is 1. The van der Waals surface area contributed by atoms with E-state index in [0.717, 1.165) is 11.3 Å². The molecule has 0 aliphatic heterocycles. The van der Waals surface area contributed by atoms with Crippen molar-refractivity contribution in [2.24, 2.45) is 0 Å². The van der Waals surface area contributed by atoms with Gasteiger partial charge < -0.3 is 5.32 Å². The third kappa shape index (κ3) is 4.00. The van der Waals surface area contributed by atoms with E-state index in [0.29, 0.717) is 17.5 Å². The standard InChI is InChI=1S/C19H19N5OS/c1-3-11-21-18(25)14(2)26-19-23-22-17(15-9-12-20-13-10-15)24(19)16-7-5-4-6-8-16/h3-10,12-14H,1,11H2,2H3,(H,21,25). The monoisotopic (exact) mass is 365 g/mol. The molecule has 1 amide bonds. The highest BCUT2D eigenvalue weighted by molar-refractivity contribution is 8.00. The van der Waals surface area contributed by atoms with Crippen molar-refractivity contribution in [3.8, 4) is 17.1 Å². The molecule has 0 bridgehead atoms. The topological polar surface area (TPSA) is 72.7 Å². The molecule has 0 saturated carbocycles. The Morgan fingerprint density at radius 1 is 1.23 bits per heavy atom. The van der Waals surface area contributed by atoms with Gasteiger partial charge in [0.1, 0.15) is 0 Å². The van der Waals surface area contributed by atoms with Gasteiger partial charge in [-0.25, -0.2) is 0 Å². The van der Waals surface area contributed by atoms with Crippen LogP contribution in [0, 0.1) is 0 Å². The molecule has 6 nitrogen and oxygen atoms in total. The zero-order chi connectivity index (χ0) is 18.4. The van der Waals surface area contributed by atoms with Crippen molar-refractivity contribution in [2.75, 3.05) is 6.54 Å². The summed E-state index contributed by atoms with van der Waals surface area (Å²) in [6.45, 7) is 5.90. The first-order valence-corrected chi connectivity index (χ1v) is 9.05. The highest BCUT2D eigenvalue weighted by atomic mass is 32.2. The smallest absolute Gasteiger partial charge is 0.233 e. The number of rotatable bonds is 7. The molecule has 2 aromatic heterocycles. The fourth-order valence-corrected chi connectivity index (χ4v) is 3.26. The summed E-state index contributed by atoms with van der Waals surface area (Å²) in [6, 6.07) is 13.6. The van der Waals surface area contributed by atoms with E-state index in [4.69, 9.17) is 0 Å². The van der Waals surface area contributed by atoms with Gasteiger partial charge in [-0.2, -0.15) is 0 Å². The van der Waals surface area contributed by atoms with Crippen LogP contribution in [0.3, 0.4) is 0 Å². The lowest BCUT2D eigenvalue weighted by atomic mass is 10.2. The zero-order valence-electron chi connectivity index (χ0n) is 14.4. The number of carbonyl (C=O) groups excluding carboxylic acids is 1. The van der Waals surface area contributed by atoms with E-state index in [1.807, 2.05) is 54.0 Å². The third-order valence-electron chi connectivity index (χ3n) is 3.66. The molecular formula is C19H19N5OS. The van der Waals surface area contributed by atoms with Gasteiger partial charge in [0.25, 0.3) is 0 Å². The van der Waals surface area contributed by atoms with Crippen LogP contribution in [0.1, 0.15) is 6.92 Å². The number of carbonyl (C=O) groups is 1. The SMILES string of the molecule is C=CCNC(=O)C(C)Sc1nnc(-c2ccncc2)n1-c1ccccc1. The summed E-state index contributed by atoms with van der Waals surface area (Å²) >= 11 is 1.37. The number of hydrogen-bond acceptors (Lipinski definition) is 5. The quantitative estimate of drug-likeness (QED) is 0.514. The second-order valence-electron chi connectivity index (χ2n) is 5.51. The lowest BCUT2D eigenvalue weighted by Gasteiger charge is -2.13. The van der Waals surface area contributed by atoms with Gasteiger partial charge in [0, 0.05) is 30.2 Å². The van der Waals surface area contributed by atoms with E-state index in [1.165, 1.54) is 11.8 Å². The molecular weight excluding hydrogens is 346 g/mol. The van der Waals surface area contributed by atoms with Crippen LogP contribution in [0.15, 0.2) is 72.7 Å². The number of thioether (sulfide) groups is 1. The predicted molar refractivity (Wildman–Crippen MR) is 103 cm³/mol. The van der Waals surface area contributed by atoms with E-state index in [9.17, 15) is 4.79 Å². The molecule has 3 rings (SSSR count). The number of hydrogen-bond donors (Lipinski definition) is 1. The molecule has 1 unspecified atom stereocenters. The molecule has 0 radical (unpaired) electrons. The average molecular weight is 365 g/mol. The molecule has 0 aliphatic rings. The van der Waals surface area contributed by atoms with Crippen LogP contribution in [0.2, 0.25) is 0 Å². The first-order valence-electron chi connectivity index (χ1n) is 8.17. The predicted octanol–water partition coefficient (Wildman–Crippen LogP) is 3.11. The Morgan fingerprint density at radius 2 is 1.96 bits per heavy atom. The Balaban J connectivity index is 1.97. The van der Waals surface area contributed by atoms with Crippen LogP contribution < -0.4 is 5.32 Å². The third-order valence-corrected chi connectivity index (χ3v) is 4.70. The summed E-state index contributed by atoms with van der Waals surface area (Å²) in [5.74, 6) is 0.641. The molecule has 0 aliphatic carbocycles. The molecule has 3 aromatic rings.